The van der Waals surface area contributed by atoms with Crippen LogP contribution in [0.15, 0.2) is 49.7 Å². The number of allylic oxidation sites excluding steroid dienone is 2. The van der Waals surface area contributed by atoms with E-state index in [0.717, 1.165) is 13.0 Å². The van der Waals surface area contributed by atoms with Crippen LogP contribution in [0.25, 0.3) is 0 Å². The van der Waals surface area contributed by atoms with Crippen molar-refractivity contribution in [2.24, 2.45) is 0 Å². The lowest BCUT2D eigenvalue weighted by atomic mass is 10.2. The molecule has 0 aliphatic heterocycles. The number of nitrogens with zero attached hydrogens (tertiary/aromatic N) is 1. The van der Waals surface area contributed by atoms with Crippen molar-refractivity contribution in [1.82, 2.24) is 0 Å². The zero-order valence-corrected chi connectivity index (χ0v) is 9.20. The fourth-order valence-corrected chi connectivity index (χ4v) is 1.16. The smallest absolute Gasteiger partial charge is 0.185 e. The van der Waals surface area contributed by atoms with Crippen LogP contribution in [-0.4, -0.2) is 0 Å². The van der Waals surface area contributed by atoms with Crippen LogP contribution in [-0.2, 0) is 13.0 Å². The molecule has 0 bridgehead atoms. The number of halogens is 1. The highest BCUT2D eigenvalue weighted by atomic mass is 79.9. The number of hydrogen-bond donors (Lipinski definition) is 0. The molecule has 0 saturated heterocycles. The summed E-state index contributed by atoms with van der Waals surface area (Å²) in [6.45, 7) is 8.29. The molecule has 0 spiro atoms. The van der Waals surface area contributed by atoms with Crippen LogP contribution < -0.4 is 21.5 Å². The Morgan fingerprint density at radius 3 is 2.62 bits per heavy atom. The van der Waals surface area contributed by atoms with E-state index in [1.807, 2.05) is 24.3 Å². The topological polar surface area (TPSA) is 3.88 Å². The van der Waals surface area contributed by atoms with E-state index in [9.17, 15) is 0 Å². The molecule has 1 nitrogen and oxygen atoms in total. The first kappa shape index (κ1) is 12.1. The summed E-state index contributed by atoms with van der Waals surface area (Å²) in [7, 11) is 0. The average Bonchev–Trinajstić information content (AvgIpc) is 2.09. The van der Waals surface area contributed by atoms with E-state index in [0.29, 0.717) is 0 Å². The van der Waals surface area contributed by atoms with E-state index in [1.165, 1.54) is 5.69 Å². The molecule has 1 heterocycles. The molecule has 0 amide bonds. The Morgan fingerprint density at radius 1 is 1.23 bits per heavy atom. The third kappa shape index (κ3) is 3.55. The highest BCUT2D eigenvalue weighted by Crippen LogP contribution is 1.93. The fraction of sp³-hybridized carbons (Fsp3) is 0.182. The van der Waals surface area contributed by atoms with Gasteiger partial charge in [0.2, 0.25) is 0 Å². The molecule has 0 fully saturated rings. The van der Waals surface area contributed by atoms with Gasteiger partial charge in [0.05, 0.1) is 6.42 Å². The largest absolute Gasteiger partial charge is 1.00 e. The van der Waals surface area contributed by atoms with Gasteiger partial charge in [-0.1, -0.05) is 18.7 Å². The van der Waals surface area contributed by atoms with Crippen molar-refractivity contribution in [1.29, 1.82) is 0 Å². The molecule has 2 heteroatoms. The maximum atomic E-state index is 3.72. The van der Waals surface area contributed by atoms with Gasteiger partial charge >= 0.3 is 0 Å². The highest BCUT2D eigenvalue weighted by molar-refractivity contribution is 5.01. The summed E-state index contributed by atoms with van der Waals surface area (Å²) in [5.41, 5.74) is 1.27. The lowest BCUT2D eigenvalue weighted by Crippen LogP contribution is -3.00. The summed E-state index contributed by atoms with van der Waals surface area (Å²) >= 11 is 0. The zero-order chi connectivity index (χ0) is 8.81. The van der Waals surface area contributed by atoms with Crippen LogP contribution in [0.1, 0.15) is 5.69 Å². The van der Waals surface area contributed by atoms with E-state index in [2.05, 4.69) is 30.0 Å². The molecule has 0 aliphatic carbocycles. The van der Waals surface area contributed by atoms with E-state index in [4.69, 9.17) is 0 Å². The predicted octanol–water partition coefficient (Wildman–Crippen LogP) is -1.11. The monoisotopic (exact) mass is 239 g/mol. The van der Waals surface area contributed by atoms with Gasteiger partial charge < -0.3 is 17.0 Å². The van der Waals surface area contributed by atoms with Crippen molar-refractivity contribution < 1.29 is 21.5 Å². The summed E-state index contributed by atoms with van der Waals surface area (Å²) in [6.07, 6.45) is 6.77. The molecule has 0 saturated carbocycles. The molecular formula is C11H14BrN. The maximum absolute atomic E-state index is 3.72. The number of rotatable bonds is 4. The van der Waals surface area contributed by atoms with Gasteiger partial charge in [-0.3, -0.25) is 0 Å². The normalized spacial score (nSPS) is 8.62. The first-order chi connectivity index (χ1) is 5.88. The molecule has 0 radical (unpaired) electrons. The molecule has 1 aromatic heterocycles. The minimum absolute atomic E-state index is 0. The van der Waals surface area contributed by atoms with E-state index >= 15 is 0 Å². The van der Waals surface area contributed by atoms with Crippen LogP contribution in [0, 0.1) is 0 Å². The average molecular weight is 240 g/mol. The maximum Gasteiger partial charge on any atom is 0.185 e. The summed E-state index contributed by atoms with van der Waals surface area (Å²) in [4.78, 5) is 0. The Morgan fingerprint density at radius 2 is 2.00 bits per heavy atom. The molecule has 1 aromatic rings. The Balaban J connectivity index is 0.00000144. The van der Waals surface area contributed by atoms with Gasteiger partial charge in [0.15, 0.2) is 18.4 Å². The lowest BCUT2D eigenvalue weighted by molar-refractivity contribution is -0.693. The van der Waals surface area contributed by atoms with Gasteiger partial charge in [-0.25, -0.2) is 0 Å². The summed E-state index contributed by atoms with van der Waals surface area (Å²) in [5, 5.41) is 0. The molecule has 0 aliphatic rings. The second-order valence-corrected chi connectivity index (χ2v) is 2.63. The standard InChI is InChI=1S/C11H14N.BrH/c1-3-7-11-8-5-6-10-12(11)9-4-2;/h3-6,8,10H,1-2,7,9H2;1H/q+1;/p-1. The molecular weight excluding hydrogens is 226 g/mol. The van der Waals surface area contributed by atoms with E-state index in [1.54, 1.807) is 0 Å². The van der Waals surface area contributed by atoms with Crippen molar-refractivity contribution in [3.63, 3.8) is 0 Å². The van der Waals surface area contributed by atoms with Crippen molar-refractivity contribution in [3.8, 4) is 0 Å². The molecule has 0 atom stereocenters. The zero-order valence-electron chi connectivity index (χ0n) is 7.62. The second-order valence-electron chi connectivity index (χ2n) is 2.63. The predicted molar refractivity (Wildman–Crippen MR) is 50.7 cm³/mol. The van der Waals surface area contributed by atoms with Gasteiger partial charge in [-0.05, 0) is 6.08 Å². The minimum Gasteiger partial charge on any atom is -1.00 e. The highest BCUT2D eigenvalue weighted by Gasteiger charge is 2.03. The first-order valence-electron chi connectivity index (χ1n) is 4.07. The molecule has 13 heavy (non-hydrogen) atoms. The SMILES string of the molecule is C=CCc1cccc[n+]1CC=C.[Br-]. The Hall–Kier alpha value is -0.890. The van der Waals surface area contributed by atoms with Gasteiger partial charge in [0, 0.05) is 12.1 Å². The van der Waals surface area contributed by atoms with E-state index in [-0.39, 0.29) is 17.0 Å². The first-order valence-corrected chi connectivity index (χ1v) is 4.07. The molecule has 0 aromatic carbocycles. The van der Waals surface area contributed by atoms with Gasteiger partial charge in [-0.2, -0.15) is 4.57 Å². The second kappa shape index (κ2) is 6.61. The van der Waals surface area contributed by atoms with Crippen LogP contribution in [0.4, 0.5) is 0 Å². The fourth-order valence-electron chi connectivity index (χ4n) is 1.16. The molecule has 0 unspecified atom stereocenters. The summed E-state index contributed by atoms with van der Waals surface area (Å²) in [6, 6.07) is 6.17. The van der Waals surface area contributed by atoms with Crippen LogP contribution in [0.5, 0.6) is 0 Å². The number of aromatic nitrogens is 1. The van der Waals surface area contributed by atoms with Crippen LogP contribution >= 0.6 is 0 Å². The van der Waals surface area contributed by atoms with Gasteiger partial charge in [-0.15, -0.1) is 6.58 Å². The molecule has 70 valence electrons. The van der Waals surface area contributed by atoms with Crippen molar-refractivity contribution in [3.05, 3.63) is 55.4 Å². The minimum atomic E-state index is 0. The van der Waals surface area contributed by atoms with Crippen molar-refractivity contribution in [2.75, 3.05) is 0 Å². The lowest BCUT2D eigenvalue weighted by Gasteiger charge is -1.97. The van der Waals surface area contributed by atoms with Gasteiger partial charge in [0.25, 0.3) is 0 Å². The summed E-state index contributed by atoms with van der Waals surface area (Å²) < 4.78 is 2.16. The van der Waals surface area contributed by atoms with Crippen LogP contribution in [0.3, 0.4) is 0 Å². The molecule has 1 rings (SSSR count). The van der Waals surface area contributed by atoms with Crippen molar-refractivity contribution in [2.45, 2.75) is 13.0 Å². The number of pyridine rings is 1. The van der Waals surface area contributed by atoms with Crippen molar-refractivity contribution >= 4 is 0 Å². The third-order valence-electron chi connectivity index (χ3n) is 1.71. The van der Waals surface area contributed by atoms with E-state index < -0.39 is 0 Å². The molecule has 0 N–H and O–H groups in total. The van der Waals surface area contributed by atoms with Crippen LogP contribution in [0.2, 0.25) is 0 Å². The third-order valence-corrected chi connectivity index (χ3v) is 1.71. The Kier molecular flexibility index (Phi) is 6.15. The Bertz CT molecular complexity index is 252. The van der Waals surface area contributed by atoms with Gasteiger partial charge in [0.1, 0.15) is 0 Å². The quantitative estimate of drug-likeness (QED) is 0.464. The Labute approximate surface area is 90.2 Å². The number of hydrogen-bond acceptors (Lipinski definition) is 0. The summed E-state index contributed by atoms with van der Waals surface area (Å²) in [5.74, 6) is 0.